The molecule has 4 heteroatoms. The predicted molar refractivity (Wildman–Crippen MR) is 51.5 cm³/mol. The third-order valence-corrected chi connectivity index (χ3v) is 2.81. The van der Waals surface area contributed by atoms with Crippen molar-refractivity contribution >= 4 is 21.7 Å². The number of nitriles is 1. The predicted octanol–water partition coefficient (Wildman–Crippen LogP) is 2.13. The Morgan fingerprint density at radius 3 is 3.08 bits per heavy atom. The average Bonchev–Trinajstić information content (AvgIpc) is 2.63. The van der Waals surface area contributed by atoms with Crippen LogP contribution in [0.1, 0.15) is 18.1 Å². The van der Waals surface area contributed by atoms with E-state index < -0.39 is 0 Å². The molecule has 0 saturated carbocycles. The smallest absolute Gasteiger partial charge is 0.170 e. The highest BCUT2D eigenvalue weighted by Crippen LogP contribution is 2.23. The van der Waals surface area contributed by atoms with Crippen LogP contribution in [0.2, 0.25) is 0 Å². The lowest BCUT2D eigenvalue weighted by Crippen LogP contribution is -1.90. The van der Waals surface area contributed by atoms with Crippen LogP contribution >= 0.6 is 11.3 Å². The zero-order valence-corrected chi connectivity index (χ0v) is 7.93. The number of pyridine rings is 1. The number of aryl methyl sites for hydroxylation is 1. The highest BCUT2D eigenvalue weighted by Gasteiger charge is 2.08. The Hall–Kier alpha value is -1.47. The Morgan fingerprint density at radius 2 is 2.38 bits per heavy atom. The van der Waals surface area contributed by atoms with Crippen molar-refractivity contribution < 1.29 is 0 Å². The number of rotatable bonds is 1. The summed E-state index contributed by atoms with van der Waals surface area (Å²) in [7, 11) is 0. The number of nitrogens with zero attached hydrogens (tertiary/aromatic N) is 3. The van der Waals surface area contributed by atoms with Crippen LogP contribution in [-0.4, -0.2) is 9.97 Å². The van der Waals surface area contributed by atoms with E-state index in [0.29, 0.717) is 5.56 Å². The van der Waals surface area contributed by atoms with E-state index in [1.54, 1.807) is 23.0 Å². The van der Waals surface area contributed by atoms with Gasteiger partial charge < -0.3 is 0 Å². The van der Waals surface area contributed by atoms with Crippen molar-refractivity contribution in [3.8, 4) is 6.07 Å². The number of aromatic nitrogens is 2. The third kappa shape index (κ3) is 1.18. The van der Waals surface area contributed by atoms with Crippen molar-refractivity contribution in [1.29, 1.82) is 5.26 Å². The molecule has 0 atom stereocenters. The molecule has 0 saturated heterocycles. The summed E-state index contributed by atoms with van der Waals surface area (Å²) in [6.07, 6.45) is 2.45. The maximum atomic E-state index is 8.84. The summed E-state index contributed by atoms with van der Waals surface area (Å²) in [5, 5.41) is 8.84. The van der Waals surface area contributed by atoms with Gasteiger partial charge in [0.1, 0.15) is 6.07 Å². The summed E-state index contributed by atoms with van der Waals surface area (Å²) in [6, 6.07) is 2.14. The second kappa shape index (κ2) is 3.11. The summed E-state index contributed by atoms with van der Waals surface area (Å²) >= 11 is 1.54. The van der Waals surface area contributed by atoms with Crippen LogP contribution in [0.5, 0.6) is 0 Å². The van der Waals surface area contributed by atoms with Crippen LogP contribution < -0.4 is 0 Å². The Labute approximate surface area is 79.7 Å². The molecule has 0 fully saturated rings. The molecule has 0 radical (unpaired) electrons. The first-order valence-electron chi connectivity index (χ1n) is 3.98. The van der Waals surface area contributed by atoms with Gasteiger partial charge in [0.25, 0.3) is 0 Å². The minimum atomic E-state index is 0.666. The van der Waals surface area contributed by atoms with Crippen LogP contribution in [0.15, 0.2) is 11.7 Å². The van der Waals surface area contributed by atoms with Crippen LogP contribution in [-0.2, 0) is 6.42 Å². The van der Waals surface area contributed by atoms with Crippen molar-refractivity contribution in [2.24, 2.45) is 0 Å². The molecule has 64 valence electrons. The van der Waals surface area contributed by atoms with Gasteiger partial charge in [-0.2, -0.15) is 5.26 Å². The van der Waals surface area contributed by atoms with Crippen LogP contribution in [0.4, 0.5) is 0 Å². The molecular formula is C9H7N3S. The first kappa shape index (κ1) is 8.14. The summed E-state index contributed by atoms with van der Waals surface area (Å²) in [5.74, 6) is 0. The fraction of sp³-hybridized carbons (Fsp3) is 0.222. The average molecular weight is 189 g/mol. The van der Waals surface area contributed by atoms with Crippen molar-refractivity contribution in [3.05, 3.63) is 22.8 Å². The first-order valence-corrected chi connectivity index (χ1v) is 4.86. The molecule has 2 rings (SSSR count). The van der Waals surface area contributed by atoms with E-state index in [4.69, 9.17) is 5.26 Å². The Kier molecular flexibility index (Phi) is 1.95. The van der Waals surface area contributed by atoms with Gasteiger partial charge in [0.2, 0.25) is 0 Å². The maximum absolute atomic E-state index is 8.84. The number of thiazole rings is 1. The van der Waals surface area contributed by atoms with E-state index in [1.165, 1.54) is 0 Å². The Bertz CT molecular complexity index is 481. The van der Waals surface area contributed by atoms with Gasteiger partial charge in [0.15, 0.2) is 5.65 Å². The van der Waals surface area contributed by atoms with Gasteiger partial charge in [0.05, 0.1) is 15.8 Å². The molecule has 13 heavy (non-hydrogen) atoms. The molecular weight excluding hydrogens is 182 g/mol. The Morgan fingerprint density at radius 1 is 1.54 bits per heavy atom. The van der Waals surface area contributed by atoms with E-state index in [2.05, 4.69) is 16.0 Å². The zero-order valence-electron chi connectivity index (χ0n) is 7.11. The number of hydrogen-bond donors (Lipinski definition) is 0. The molecule has 0 aliphatic carbocycles. The van der Waals surface area contributed by atoms with E-state index in [9.17, 15) is 0 Å². The van der Waals surface area contributed by atoms with Crippen LogP contribution in [0.25, 0.3) is 10.3 Å². The topological polar surface area (TPSA) is 49.6 Å². The van der Waals surface area contributed by atoms with Gasteiger partial charge in [-0.05, 0) is 12.0 Å². The number of hydrogen-bond acceptors (Lipinski definition) is 4. The maximum Gasteiger partial charge on any atom is 0.170 e. The molecule has 0 spiro atoms. The molecule has 0 amide bonds. The van der Waals surface area contributed by atoms with Crippen molar-refractivity contribution in [3.63, 3.8) is 0 Å². The fourth-order valence-corrected chi connectivity index (χ4v) is 2.18. The van der Waals surface area contributed by atoms with E-state index >= 15 is 0 Å². The molecule has 2 aromatic rings. The molecule has 3 nitrogen and oxygen atoms in total. The van der Waals surface area contributed by atoms with E-state index in [-0.39, 0.29) is 0 Å². The SMILES string of the molecule is CCc1c(C#N)cnc2ncsc12. The molecule has 0 aliphatic heterocycles. The molecule has 0 aromatic carbocycles. The van der Waals surface area contributed by atoms with Crippen molar-refractivity contribution in [2.75, 3.05) is 0 Å². The van der Waals surface area contributed by atoms with Crippen molar-refractivity contribution in [2.45, 2.75) is 13.3 Å². The Balaban J connectivity index is 2.84. The minimum Gasteiger partial charge on any atom is -0.234 e. The lowest BCUT2D eigenvalue weighted by atomic mass is 10.1. The molecule has 2 heterocycles. The van der Waals surface area contributed by atoms with Crippen LogP contribution in [0.3, 0.4) is 0 Å². The second-order valence-corrected chi connectivity index (χ2v) is 3.48. The van der Waals surface area contributed by atoms with Gasteiger partial charge >= 0.3 is 0 Å². The minimum absolute atomic E-state index is 0.666. The quantitative estimate of drug-likeness (QED) is 0.690. The summed E-state index contributed by atoms with van der Waals surface area (Å²) < 4.78 is 1.04. The van der Waals surface area contributed by atoms with Crippen molar-refractivity contribution in [1.82, 2.24) is 9.97 Å². The standard InChI is InChI=1S/C9H7N3S/c1-2-7-6(3-10)4-11-9-8(7)13-5-12-9/h4-5H,2H2,1H3. The van der Waals surface area contributed by atoms with Crippen LogP contribution in [0, 0.1) is 11.3 Å². The molecule has 0 bridgehead atoms. The summed E-state index contributed by atoms with van der Waals surface area (Å²) in [5.41, 5.74) is 4.24. The molecule has 0 aliphatic rings. The summed E-state index contributed by atoms with van der Waals surface area (Å²) in [4.78, 5) is 8.20. The lowest BCUT2D eigenvalue weighted by molar-refractivity contribution is 1.13. The van der Waals surface area contributed by atoms with Gasteiger partial charge in [-0.1, -0.05) is 6.92 Å². The molecule has 0 N–H and O–H groups in total. The van der Waals surface area contributed by atoms with Gasteiger partial charge in [-0.25, -0.2) is 9.97 Å². The monoisotopic (exact) mass is 189 g/mol. The third-order valence-electron chi connectivity index (χ3n) is 1.94. The van der Waals surface area contributed by atoms with Gasteiger partial charge in [-0.15, -0.1) is 11.3 Å². The largest absolute Gasteiger partial charge is 0.234 e. The molecule has 2 aromatic heterocycles. The lowest BCUT2D eigenvalue weighted by Gasteiger charge is -1.99. The normalized spacial score (nSPS) is 10.2. The van der Waals surface area contributed by atoms with E-state index in [1.807, 2.05) is 6.92 Å². The highest BCUT2D eigenvalue weighted by atomic mass is 32.1. The fourth-order valence-electron chi connectivity index (χ4n) is 1.31. The van der Waals surface area contributed by atoms with Gasteiger partial charge in [0, 0.05) is 6.20 Å². The second-order valence-electron chi connectivity index (χ2n) is 2.62. The number of fused-ring (bicyclic) bond motifs is 1. The van der Waals surface area contributed by atoms with E-state index in [0.717, 1.165) is 22.3 Å². The first-order chi connectivity index (χ1) is 6.36. The highest BCUT2D eigenvalue weighted by molar-refractivity contribution is 7.16. The van der Waals surface area contributed by atoms with Gasteiger partial charge in [-0.3, -0.25) is 0 Å². The summed E-state index contributed by atoms with van der Waals surface area (Å²) in [6.45, 7) is 2.04. The molecule has 0 unspecified atom stereocenters. The zero-order chi connectivity index (χ0) is 9.26.